The summed E-state index contributed by atoms with van der Waals surface area (Å²) in [6.07, 6.45) is 2.98. The van der Waals surface area contributed by atoms with E-state index in [1.54, 1.807) is 0 Å². The summed E-state index contributed by atoms with van der Waals surface area (Å²) in [5.41, 5.74) is 1.64. The molecule has 9 heteroatoms. The molecule has 4 N–H and O–H groups in total. The van der Waals surface area contributed by atoms with Crippen molar-refractivity contribution in [1.29, 1.82) is 0 Å². The molecular weight excluding hydrogens is 344 g/mol. The van der Waals surface area contributed by atoms with Crippen LogP contribution >= 0.6 is 0 Å². The lowest BCUT2D eigenvalue weighted by atomic mass is 10.1. The van der Waals surface area contributed by atoms with Crippen molar-refractivity contribution in [2.24, 2.45) is 5.92 Å². The quantitative estimate of drug-likeness (QED) is 0.511. The Morgan fingerprint density at radius 3 is 2.36 bits per heavy atom. The Bertz CT molecular complexity index is 714. The number of anilines is 1. The van der Waals surface area contributed by atoms with Gasteiger partial charge in [0.25, 0.3) is 0 Å². The second kappa shape index (κ2) is 8.30. The maximum absolute atomic E-state index is 11.8. The van der Waals surface area contributed by atoms with Gasteiger partial charge in [-0.1, -0.05) is 12.1 Å². The molecule has 0 radical (unpaired) electrons. The number of carbonyl (C=O) groups excluding carboxylic acids is 2. The van der Waals surface area contributed by atoms with Crippen LogP contribution in [-0.2, 0) is 14.8 Å². The monoisotopic (exact) mass is 368 g/mol. The molecule has 0 spiro atoms. The standard InChI is InChI=1S/C16H24N4O4S/c1-11(19-16(22)17-9-10-18-25(2,23)24)12-5-7-14(8-6-12)20-15(21)13-3-4-13/h5-8,11,13,18H,3-4,9-10H2,1-2H3,(H,20,21)(H2,17,19,22)/t11-/m0/s1. The van der Waals surface area contributed by atoms with E-state index < -0.39 is 10.0 Å². The Morgan fingerprint density at radius 1 is 1.16 bits per heavy atom. The predicted molar refractivity (Wildman–Crippen MR) is 95.6 cm³/mol. The number of nitrogens with one attached hydrogen (secondary N) is 4. The van der Waals surface area contributed by atoms with Crippen LogP contribution in [0.2, 0.25) is 0 Å². The topological polar surface area (TPSA) is 116 Å². The third kappa shape index (κ3) is 7.10. The van der Waals surface area contributed by atoms with Gasteiger partial charge >= 0.3 is 6.03 Å². The first-order valence-electron chi connectivity index (χ1n) is 8.14. The number of hydrogen-bond donors (Lipinski definition) is 4. The average Bonchev–Trinajstić information content (AvgIpc) is 3.36. The van der Waals surface area contributed by atoms with Crippen LogP contribution < -0.4 is 20.7 Å². The molecule has 1 aromatic carbocycles. The van der Waals surface area contributed by atoms with E-state index in [9.17, 15) is 18.0 Å². The molecule has 1 saturated carbocycles. The lowest BCUT2D eigenvalue weighted by molar-refractivity contribution is -0.117. The molecular formula is C16H24N4O4S. The van der Waals surface area contributed by atoms with Crippen molar-refractivity contribution in [3.8, 4) is 0 Å². The first-order chi connectivity index (χ1) is 11.7. The van der Waals surface area contributed by atoms with E-state index in [-0.39, 0.29) is 37.0 Å². The molecule has 1 aromatic rings. The molecule has 0 aromatic heterocycles. The lowest BCUT2D eigenvalue weighted by Crippen LogP contribution is -2.41. The van der Waals surface area contributed by atoms with Crippen LogP contribution in [0.3, 0.4) is 0 Å². The Labute approximate surface area is 147 Å². The van der Waals surface area contributed by atoms with E-state index in [2.05, 4.69) is 20.7 Å². The van der Waals surface area contributed by atoms with Crippen molar-refractivity contribution in [2.45, 2.75) is 25.8 Å². The maximum Gasteiger partial charge on any atom is 0.315 e. The molecule has 1 aliphatic rings. The average molecular weight is 368 g/mol. The summed E-state index contributed by atoms with van der Waals surface area (Å²) in [6.45, 7) is 2.17. The smallest absolute Gasteiger partial charge is 0.315 e. The Morgan fingerprint density at radius 2 is 1.80 bits per heavy atom. The Balaban J connectivity index is 1.74. The van der Waals surface area contributed by atoms with Crippen molar-refractivity contribution >= 4 is 27.6 Å². The molecule has 25 heavy (non-hydrogen) atoms. The summed E-state index contributed by atoms with van der Waals surface area (Å²) >= 11 is 0. The van der Waals surface area contributed by atoms with Gasteiger partial charge in [0.15, 0.2) is 0 Å². The van der Waals surface area contributed by atoms with E-state index in [0.717, 1.165) is 30.3 Å². The molecule has 1 atom stereocenters. The zero-order valence-corrected chi connectivity index (χ0v) is 15.2. The van der Waals surface area contributed by atoms with Crippen molar-refractivity contribution in [3.05, 3.63) is 29.8 Å². The van der Waals surface area contributed by atoms with Crippen LogP contribution in [0.1, 0.15) is 31.4 Å². The fourth-order valence-electron chi connectivity index (χ4n) is 2.19. The van der Waals surface area contributed by atoms with Crippen molar-refractivity contribution in [1.82, 2.24) is 15.4 Å². The number of rotatable bonds is 8. The van der Waals surface area contributed by atoms with Crippen molar-refractivity contribution < 1.29 is 18.0 Å². The summed E-state index contributed by atoms with van der Waals surface area (Å²) in [7, 11) is -3.25. The van der Waals surface area contributed by atoms with Crippen LogP contribution in [0.5, 0.6) is 0 Å². The minimum Gasteiger partial charge on any atom is -0.337 e. The van der Waals surface area contributed by atoms with Crippen LogP contribution in [0.25, 0.3) is 0 Å². The summed E-state index contributed by atoms with van der Waals surface area (Å²) < 4.78 is 24.1. The van der Waals surface area contributed by atoms with Crippen LogP contribution in [-0.4, -0.2) is 39.7 Å². The van der Waals surface area contributed by atoms with Crippen molar-refractivity contribution in [2.75, 3.05) is 24.7 Å². The zero-order chi connectivity index (χ0) is 18.4. The summed E-state index contributed by atoms with van der Waals surface area (Å²) in [5, 5.41) is 8.21. The molecule has 0 bridgehead atoms. The fraction of sp³-hybridized carbons (Fsp3) is 0.500. The largest absolute Gasteiger partial charge is 0.337 e. The highest BCUT2D eigenvalue weighted by Gasteiger charge is 2.29. The van der Waals surface area contributed by atoms with Gasteiger partial charge in [0, 0.05) is 24.7 Å². The van der Waals surface area contributed by atoms with Gasteiger partial charge < -0.3 is 16.0 Å². The van der Waals surface area contributed by atoms with Crippen LogP contribution in [0.4, 0.5) is 10.5 Å². The molecule has 138 valence electrons. The van der Waals surface area contributed by atoms with Gasteiger partial charge in [-0.15, -0.1) is 0 Å². The number of hydrogen-bond acceptors (Lipinski definition) is 4. The lowest BCUT2D eigenvalue weighted by Gasteiger charge is -2.16. The fourth-order valence-corrected chi connectivity index (χ4v) is 2.66. The molecule has 8 nitrogen and oxygen atoms in total. The SMILES string of the molecule is C[C@H](NC(=O)NCCNS(C)(=O)=O)c1ccc(NC(=O)C2CC2)cc1. The number of carbonyl (C=O) groups is 2. The summed E-state index contributed by atoms with van der Waals surface area (Å²) in [5.74, 6) is 0.210. The van der Waals surface area contributed by atoms with Crippen LogP contribution in [0.15, 0.2) is 24.3 Å². The summed E-state index contributed by atoms with van der Waals surface area (Å²) in [6, 6.07) is 6.70. The first-order valence-corrected chi connectivity index (χ1v) is 10.0. The number of benzene rings is 1. The van der Waals surface area contributed by atoms with E-state index in [1.807, 2.05) is 31.2 Å². The van der Waals surface area contributed by atoms with Gasteiger partial charge in [-0.05, 0) is 37.5 Å². The van der Waals surface area contributed by atoms with E-state index >= 15 is 0 Å². The molecule has 0 unspecified atom stereocenters. The molecule has 1 fully saturated rings. The number of sulfonamides is 1. The highest BCUT2D eigenvalue weighted by molar-refractivity contribution is 7.88. The summed E-state index contributed by atoms with van der Waals surface area (Å²) in [4.78, 5) is 23.5. The normalized spacial score (nSPS) is 15.3. The zero-order valence-electron chi connectivity index (χ0n) is 14.3. The van der Waals surface area contributed by atoms with Gasteiger partial charge in [0.05, 0.1) is 12.3 Å². The van der Waals surface area contributed by atoms with E-state index in [4.69, 9.17) is 0 Å². The third-order valence-corrected chi connectivity index (χ3v) is 4.48. The van der Waals surface area contributed by atoms with Gasteiger partial charge in [0.1, 0.15) is 0 Å². The number of urea groups is 1. The second-order valence-corrected chi connectivity index (χ2v) is 8.01. The Kier molecular flexibility index (Phi) is 6.38. The van der Waals surface area contributed by atoms with E-state index in [1.165, 1.54) is 0 Å². The second-order valence-electron chi connectivity index (χ2n) is 6.17. The number of amides is 3. The van der Waals surface area contributed by atoms with Gasteiger partial charge in [0.2, 0.25) is 15.9 Å². The first kappa shape index (κ1) is 19.2. The minimum atomic E-state index is -3.25. The van der Waals surface area contributed by atoms with Gasteiger partial charge in [-0.3, -0.25) is 4.79 Å². The van der Waals surface area contributed by atoms with Crippen molar-refractivity contribution in [3.63, 3.8) is 0 Å². The molecule has 2 rings (SSSR count). The molecule has 0 saturated heterocycles. The predicted octanol–water partition coefficient (Wildman–Crippen LogP) is 0.945. The molecule has 0 aliphatic heterocycles. The van der Waals surface area contributed by atoms with Gasteiger partial charge in [-0.2, -0.15) is 0 Å². The third-order valence-electron chi connectivity index (χ3n) is 3.75. The molecule has 3 amide bonds. The molecule has 0 heterocycles. The Hall–Kier alpha value is -2.13. The highest BCUT2D eigenvalue weighted by atomic mass is 32.2. The van der Waals surface area contributed by atoms with E-state index in [0.29, 0.717) is 0 Å². The highest BCUT2D eigenvalue weighted by Crippen LogP contribution is 2.30. The minimum absolute atomic E-state index is 0.0565. The van der Waals surface area contributed by atoms with Gasteiger partial charge in [-0.25, -0.2) is 17.9 Å². The van der Waals surface area contributed by atoms with Crippen LogP contribution in [0, 0.1) is 5.92 Å². The molecule has 1 aliphatic carbocycles. The maximum atomic E-state index is 11.8.